The molecule has 0 unspecified atom stereocenters. The zero-order valence-corrected chi connectivity index (χ0v) is 6.09. The number of hydrogen-bond donors (Lipinski definition) is 3. The standard InChI is InChI=1S/C2N2O2S.CH5N3/c3-1-5-7-6-2-4;2-1(3)4/h;(H5,2,3,4). The molecular weight excluding hydrogens is 170 g/mol. The molecule has 0 amide bonds. The Bertz CT molecular complexity index is 163. The molecule has 0 aliphatic heterocycles. The lowest BCUT2D eigenvalue weighted by molar-refractivity contribution is 0.485. The smallest absolute Gasteiger partial charge is 0.316 e. The van der Waals surface area contributed by atoms with Crippen molar-refractivity contribution in [3.63, 3.8) is 0 Å². The van der Waals surface area contributed by atoms with Crippen LogP contribution in [0.25, 0.3) is 0 Å². The second-order valence-electron chi connectivity index (χ2n) is 0.873. The minimum atomic E-state index is -0.333. The first-order valence-electron chi connectivity index (χ1n) is 2.02. The quantitative estimate of drug-likeness (QED) is 0.167. The summed E-state index contributed by atoms with van der Waals surface area (Å²) in [5.74, 6) is -0.333. The van der Waals surface area contributed by atoms with E-state index in [-0.39, 0.29) is 5.96 Å². The van der Waals surface area contributed by atoms with Crippen LogP contribution in [0.5, 0.6) is 0 Å². The predicted molar refractivity (Wildman–Crippen MR) is 37.1 cm³/mol. The van der Waals surface area contributed by atoms with Crippen LogP contribution >= 0.6 is 12.3 Å². The van der Waals surface area contributed by atoms with Crippen molar-refractivity contribution in [2.45, 2.75) is 0 Å². The van der Waals surface area contributed by atoms with E-state index in [0.29, 0.717) is 12.3 Å². The van der Waals surface area contributed by atoms with Crippen molar-refractivity contribution in [2.24, 2.45) is 11.5 Å². The van der Waals surface area contributed by atoms with E-state index in [9.17, 15) is 0 Å². The minimum absolute atomic E-state index is 0.331. The Labute approximate surface area is 67.4 Å². The van der Waals surface area contributed by atoms with Gasteiger partial charge in [-0.2, -0.15) is 0 Å². The molecule has 0 aliphatic carbocycles. The first kappa shape index (κ1) is 11.9. The van der Waals surface area contributed by atoms with Crippen molar-refractivity contribution in [1.29, 1.82) is 15.9 Å². The van der Waals surface area contributed by atoms with E-state index in [0.717, 1.165) is 0 Å². The molecule has 0 radical (unpaired) electrons. The van der Waals surface area contributed by atoms with Crippen LogP contribution in [0.2, 0.25) is 0 Å². The summed E-state index contributed by atoms with van der Waals surface area (Å²) in [6.45, 7) is 0. The molecule has 0 fully saturated rings. The van der Waals surface area contributed by atoms with Gasteiger partial charge in [0.25, 0.3) is 0 Å². The van der Waals surface area contributed by atoms with Gasteiger partial charge in [-0.25, -0.2) is 0 Å². The van der Waals surface area contributed by atoms with Gasteiger partial charge in [0.15, 0.2) is 5.96 Å². The average molecular weight is 175 g/mol. The molecule has 0 aromatic carbocycles. The molecule has 0 saturated heterocycles. The highest BCUT2D eigenvalue weighted by Crippen LogP contribution is 1.98. The zero-order chi connectivity index (χ0) is 9.11. The number of rotatable bonds is 2. The zero-order valence-electron chi connectivity index (χ0n) is 5.27. The molecule has 0 heterocycles. The van der Waals surface area contributed by atoms with Crippen LogP contribution in [0.15, 0.2) is 0 Å². The molecule has 0 saturated carbocycles. The summed E-state index contributed by atoms with van der Waals surface area (Å²) in [4.78, 5) is 0. The second kappa shape index (κ2) is 11.1. The Kier molecular flexibility index (Phi) is 12.0. The molecule has 0 bridgehead atoms. The maximum Gasteiger partial charge on any atom is 0.316 e. The number of guanidine groups is 1. The van der Waals surface area contributed by atoms with E-state index in [1.54, 1.807) is 0 Å². The fourth-order valence-corrected chi connectivity index (χ4v) is 0.142. The molecule has 0 rings (SSSR count). The molecule has 5 N–H and O–H groups in total. The second-order valence-corrected chi connectivity index (χ2v) is 1.34. The van der Waals surface area contributed by atoms with E-state index in [4.69, 9.17) is 15.9 Å². The van der Waals surface area contributed by atoms with Gasteiger partial charge in [0.2, 0.25) is 0 Å². The Morgan fingerprint density at radius 1 is 1.27 bits per heavy atom. The summed E-state index contributed by atoms with van der Waals surface area (Å²) in [5.41, 5.74) is 8.94. The molecule has 0 aromatic heterocycles. The third-order valence-corrected chi connectivity index (χ3v) is 0.428. The van der Waals surface area contributed by atoms with Crippen LogP contribution in [0.3, 0.4) is 0 Å². The Balaban J connectivity index is 0. The number of hydrogen-bond acceptors (Lipinski definition) is 6. The van der Waals surface area contributed by atoms with Crippen molar-refractivity contribution in [1.82, 2.24) is 0 Å². The van der Waals surface area contributed by atoms with Crippen LogP contribution in [-0.2, 0) is 8.37 Å². The van der Waals surface area contributed by atoms with E-state index in [1.165, 1.54) is 12.5 Å². The third kappa shape index (κ3) is 65.1. The molecular formula is C3H5N5O2S. The largest absolute Gasteiger partial charge is 0.370 e. The number of nitrogens with zero attached hydrogens (tertiary/aromatic N) is 2. The molecule has 60 valence electrons. The highest BCUT2D eigenvalue weighted by Gasteiger charge is 1.80. The fourth-order valence-electron chi connectivity index (χ4n) is 0.0474. The molecule has 0 aromatic rings. The van der Waals surface area contributed by atoms with Gasteiger partial charge in [0.05, 0.1) is 0 Å². The van der Waals surface area contributed by atoms with Crippen molar-refractivity contribution in [2.75, 3.05) is 0 Å². The Hall–Kier alpha value is -1.80. The van der Waals surface area contributed by atoms with Gasteiger partial charge < -0.3 is 19.8 Å². The number of nitrogens with two attached hydrogens (primary N) is 2. The average Bonchev–Trinajstić information content (AvgIpc) is 1.88. The van der Waals surface area contributed by atoms with Gasteiger partial charge in [-0.3, -0.25) is 5.41 Å². The summed E-state index contributed by atoms with van der Waals surface area (Å²) in [6.07, 6.45) is 2.58. The van der Waals surface area contributed by atoms with Crippen molar-refractivity contribution in [3.8, 4) is 12.5 Å². The Morgan fingerprint density at radius 3 is 1.73 bits per heavy atom. The number of nitrogens with one attached hydrogen (secondary N) is 1. The van der Waals surface area contributed by atoms with E-state index in [2.05, 4.69) is 19.8 Å². The first-order chi connectivity index (χ1) is 5.15. The van der Waals surface area contributed by atoms with Crippen molar-refractivity contribution in [3.05, 3.63) is 0 Å². The van der Waals surface area contributed by atoms with E-state index in [1.807, 2.05) is 0 Å². The summed E-state index contributed by atoms with van der Waals surface area (Å²) in [6, 6.07) is 0. The van der Waals surface area contributed by atoms with Crippen LogP contribution in [0.4, 0.5) is 0 Å². The first-order valence-corrected chi connectivity index (χ1v) is 2.68. The lowest BCUT2D eigenvalue weighted by Crippen LogP contribution is -2.20. The molecule has 0 aliphatic rings. The van der Waals surface area contributed by atoms with Crippen molar-refractivity contribution < 1.29 is 8.37 Å². The minimum Gasteiger partial charge on any atom is -0.370 e. The maximum atomic E-state index is 7.61. The van der Waals surface area contributed by atoms with Crippen molar-refractivity contribution >= 4 is 18.3 Å². The molecule has 0 atom stereocenters. The Morgan fingerprint density at radius 2 is 1.55 bits per heavy atom. The van der Waals surface area contributed by atoms with E-state index < -0.39 is 0 Å². The van der Waals surface area contributed by atoms with Crippen LogP contribution in [0, 0.1) is 28.4 Å². The fraction of sp³-hybridized carbons (Fsp3) is 0. The van der Waals surface area contributed by atoms with E-state index >= 15 is 0 Å². The summed E-state index contributed by atoms with van der Waals surface area (Å²) >= 11 is 0.331. The normalized spacial score (nSPS) is 5.64. The number of nitriles is 2. The predicted octanol–water partition coefficient (Wildman–Crippen LogP) is -0.616. The monoisotopic (exact) mass is 175 g/mol. The summed E-state index contributed by atoms with van der Waals surface area (Å²) in [7, 11) is 0. The van der Waals surface area contributed by atoms with Gasteiger partial charge in [-0.05, 0) is 0 Å². The van der Waals surface area contributed by atoms with Crippen LogP contribution < -0.4 is 11.5 Å². The topological polar surface area (TPSA) is 142 Å². The van der Waals surface area contributed by atoms with Crippen LogP contribution in [0.1, 0.15) is 0 Å². The summed E-state index contributed by atoms with van der Waals surface area (Å²) < 4.78 is 7.70. The molecule has 7 nitrogen and oxygen atoms in total. The van der Waals surface area contributed by atoms with Crippen LogP contribution in [-0.4, -0.2) is 5.96 Å². The summed E-state index contributed by atoms with van der Waals surface area (Å²) in [5, 5.41) is 21.3. The van der Waals surface area contributed by atoms with Gasteiger partial charge in [-0.15, -0.1) is 10.5 Å². The van der Waals surface area contributed by atoms with Gasteiger partial charge in [0.1, 0.15) is 0 Å². The third-order valence-electron chi connectivity index (χ3n) is 0.143. The molecule has 0 spiro atoms. The SMILES string of the molecule is N#COSOC#N.N=C(N)N. The molecule has 8 heteroatoms. The lowest BCUT2D eigenvalue weighted by atomic mass is 11.1. The molecule has 11 heavy (non-hydrogen) atoms. The lowest BCUT2D eigenvalue weighted by Gasteiger charge is -1.79. The highest BCUT2D eigenvalue weighted by molar-refractivity contribution is 7.90. The van der Waals surface area contributed by atoms with Gasteiger partial charge in [0, 0.05) is 0 Å². The highest BCUT2D eigenvalue weighted by atomic mass is 32.2. The van der Waals surface area contributed by atoms with Gasteiger partial charge in [-0.1, -0.05) is 0 Å². The van der Waals surface area contributed by atoms with Gasteiger partial charge >= 0.3 is 24.8 Å². The maximum absolute atomic E-state index is 7.61.